The van der Waals surface area contributed by atoms with E-state index in [0.29, 0.717) is 25.4 Å². The Morgan fingerprint density at radius 3 is 2.19 bits per heavy atom. The summed E-state index contributed by atoms with van der Waals surface area (Å²) >= 11 is 0. The summed E-state index contributed by atoms with van der Waals surface area (Å²) in [5, 5.41) is 11.2. The Hall–Kier alpha value is -2.22. The van der Waals surface area contributed by atoms with E-state index in [-0.39, 0.29) is 10.8 Å². The first-order valence-electron chi connectivity index (χ1n) is 8.98. The van der Waals surface area contributed by atoms with Crippen molar-refractivity contribution in [3.05, 3.63) is 59.7 Å². The van der Waals surface area contributed by atoms with Crippen molar-refractivity contribution in [2.45, 2.75) is 37.5 Å². The highest BCUT2D eigenvalue weighted by Gasteiger charge is 2.07. The number of rotatable bonds is 9. The molecule has 2 aromatic rings. The van der Waals surface area contributed by atoms with Gasteiger partial charge in [0.25, 0.3) is 0 Å². The van der Waals surface area contributed by atoms with Crippen molar-refractivity contribution in [1.82, 2.24) is 5.32 Å². The molecular weight excluding hydrogens is 362 g/mol. The smallest absolute Gasteiger partial charge is 0.238 e. The summed E-state index contributed by atoms with van der Waals surface area (Å²) in [5.41, 5.74) is 3.05. The number of benzene rings is 2. The molecule has 0 aliphatic rings. The van der Waals surface area contributed by atoms with Gasteiger partial charge in [0.15, 0.2) is 0 Å². The molecule has 7 heteroatoms. The molecule has 0 radical (unpaired) electrons. The fourth-order valence-electron chi connectivity index (χ4n) is 2.58. The van der Waals surface area contributed by atoms with Gasteiger partial charge in [-0.25, -0.2) is 13.6 Å². The van der Waals surface area contributed by atoms with Crippen LogP contribution in [0.2, 0.25) is 0 Å². The van der Waals surface area contributed by atoms with E-state index in [1.54, 1.807) is 12.1 Å². The molecule has 2 aromatic carbocycles. The zero-order valence-electron chi connectivity index (χ0n) is 15.7. The van der Waals surface area contributed by atoms with E-state index in [1.807, 2.05) is 24.3 Å². The number of hydrogen-bond donors (Lipinski definition) is 3. The van der Waals surface area contributed by atoms with Crippen molar-refractivity contribution in [2.24, 2.45) is 5.14 Å². The van der Waals surface area contributed by atoms with Gasteiger partial charge >= 0.3 is 0 Å². The van der Waals surface area contributed by atoms with Crippen molar-refractivity contribution >= 4 is 21.6 Å². The van der Waals surface area contributed by atoms with Gasteiger partial charge in [0, 0.05) is 18.7 Å². The van der Waals surface area contributed by atoms with Gasteiger partial charge in [-0.05, 0) is 54.3 Å². The van der Waals surface area contributed by atoms with Crippen molar-refractivity contribution in [1.29, 1.82) is 0 Å². The van der Waals surface area contributed by atoms with Crippen LogP contribution in [0.4, 0.5) is 5.69 Å². The van der Waals surface area contributed by atoms with Crippen LogP contribution in [0.5, 0.6) is 0 Å². The number of carbonyl (C=O) groups is 1. The number of nitrogens with two attached hydrogens (primary N) is 1. The van der Waals surface area contributed by atoms with Crippen LogP contribution in [0, 0.1) is 0 Å². The minimum Gasteiger partial charge on any atom is -0.326 e. The Bertz CT molecular complexity index is 845. The molecule has 0 heterocycles. The lowest BCUT2D eigenvalue weighted by molar-refractivity contribution is -0.116. The molecule has 0 atom stereocenters. The number of anilines is 1. The van der Waals surface area contributed by atoms with E-state index >= 15 is 0 Å². The fraction of sp³-hybridized carbons (Fsp3) is 0.350. The molecule has 0 fully saturated rings. The number of amides is 1. The number of sulfonamides is 1. The summed E-state index contributed by atoms with van der Waals surface area (Å²) in [4.78, 5) is 12.1. The van der Waals surface area contributed by atoms with Gasteiger partial charge in [0.05, 0.1) is 4.90 Å². The van der Waals surface area contributed by atoms with Crippen LogP contribution in [0.1, 0.15) is 37.3 Å². The van der Waals surface area contributed by atoms with E-state index in [2.05, 4.69) is 24.5 Å². The molecule has 27 heavy (non-hydrogen) atoms. The largest absolute Gasteiger partial charge is 0.326 e. The van der Waals surface area contributed by atoms with Gasteiger partial charge in [-0.1, -0.05) is 38.1 Å². The van der Waals surface area contributed by atoms with E-state index in [4.69, 9.17) is 5.14 Å². The van der Waals surface area contributed by atoms with Crippen LogP contribution in [0.15, 0.2) is 53.4 Å². The molecule has 1 amide bonds. The summed E-state index contributed by atoms with van der Waals surface area (Å²) in [6.07, 6.45) is 1.12. The molecule has 0 unspecified atom stereocenters. The highest BCUT2D eigenvalue weighted by atomic mass is 32.2. The molecule has 0 aromatic heterocycles. The third-order valence-electron chi connectivity index (χ3n) is 4.23. The summed E-state index contributed by atoms with van der Waals surface area (Å²) in [5.74, 6) is 0.437. The predicted molar refractivity (Wildman–Crippen MR) is 108 cm³/mol. The Kier molecular flexibility index (Phi) is 7.53. The van der Waals surface area contributed by atoms with Gasteiger partial charge in [0.1, 0.15) is 0 Å². The molecule has 0 saturated carbocycles. The number of nitrogens with one attached hydrogen (secondary N) is 2. The quantitative estimate of drug-likeness (QED) is 0.574. The maximum Gasteiger partial charge on any atom is 0.238 e. The first kappa shape index (κ1) is 21.1. The highest BCUT2D eigenvalue weighted by molar-refractivity contribution is 7.89. The topological polar surface area (TPSA) is 101 Å². The highest BCUT2D eigenvalue weighted by Crippen LogP contribution is 2.17. The zero-order chi connectivity index (χ0) is 19.9. The molecule has 4 N–H and O–H groups in total. The average molecular weight is 390 g/mol. The SMILES string of the molecule is CC(C)c1ccc(NC(=O)CCNCCc2ccc(S(N)(=O)=O)cc2)cc1. The molecule has 2 rings (SSSR count). The monoisotopic (exact) mass is 389 g/mol. The summed E-state index contributed by atoms with van der Waals surface area (Å²) in [6.45, 7) is 5.54. The van der Waals surface area contributed by atoms with Crippen molar-refractivity contribution in [3.8, 4) is 0 Å². The van der Waals surface area contributed by atoms with Crippen molar-refractivity contribution in [3.63, 3.8) is 0 Å². The second-order valence-electron chi connectivity index (χ2n) is 6.76. The van der Waals surface area contributed by atoms with Crippen LogP contribution in [0.25, 0.3) is 0 Å². The lowest BCUT2D eigenvalue weighted by Gasteiger charge is -2.09. The van der Waals surface area contributed by atoms with Crippen LogP contribution in [-0.2, 0) is 21.2 Å². The summed E-state index contributed by atoms with van der Waals surface area (Å²) in [7, 11) is -3.65. The lowest BCUT2D eigenvalue weighted by Crippen LogP contribution is -2.23. The van der Waals surface area contributed by atoms with Gasteiger partial charge in [-0.15, -0.1) is 0 Å². The van der Waals surface area contributed by atoms with E-state index < -0.39 is 10.0 Å². The van der Waals surface area contributed by atoms with E-state index in [9.17, 15) is 13.2 Å². The average Bonchev–Trinajstić information content (AvgIpc) is 2.61. The first-order valence-corrected chi connectivity index (χ1v) is 10.5. The number of hydrogen-bond acceptors (Lipinski definition) is 4. The van der Waals surface area contributed by atoms with Gasteiger partial charge < -0.3 is 10.6 Å². The second kappa shape index (κ2) is 9.64. The van der Waals surface area contributed by atoms with Crippen LogP contribution < -0.4 is 15.8 Å². The van der Waals surface area contributed by atoms with Crippen LogP contribution in [0.3, 0.4) is 0 Å². The molecular formula is C20H27N3O3S. The van der Waals surface area contributed by atoms with Crippen molar-refractivity contribution in [2.75, 3.05) is 18.4 Å². The third kappa shape index (κ3) is 7.13. The Morgan fingerprint density at radius 2 is 1.63 bits per heavy atom. The van der Waals surface area contributed by atoms with E-state index in [0.717, 1.165) is 17.7 Å². The van der Waals surface area contributed by atoms with Crippen LogP contribution >= 0.6 is 0 Å². The number of carbonyl (C=O) groups excluding carboxylic acids is 1. The standard InChI is InChI=1S/C20H27N3O3S/c1-15(2)17-5-7-18(8-6-17)23-20(24)12-14-22-13-11-16-3-9-19(10-4-16)27(21,25)26/h3-10,15,22H,11-14H2,1-2H3,(H,23,24)(H2,21,25,26). The van der Waals surface area contributed by atoms with Gasteiger partial charge in [-0.3, -0.25) is 4.79 Å². The summed E-state index contributed by atoms with van der Waals surface area (Å²) < 4.78 is 22.4. The Labute approximate surface area is 161 Å². The molecule has 0 spiro atoms. The second-order valence-corrected chi connectivity index (χ2v) is 8.33. The minimum absolute atomic E-state index is 0.0303. The normalized spacial score (nSPS) is 11.6. The van der Waals surface area contributed by atoms with Gasteiger partial charge in [0.2, 0.25) is 15.9 Å². The van der Waals surface area contributed by atoms with Crippen molar-refractivity contribution < 1.29 is 13.2 Å². The molecule has 146 valence electrons. The third-order valence-corrected chi connectivity index (χ3v) is 5.16. The molecule has 6 nitrogen and oxygen atoms in total. The maximum atomic E-state index is 12.0. The lowest BCUT2D eigenvalue weighted by atomic mass is 10.0. The zero-order valence-corrected chi connectivity index (χ0v) is 16.6. The fourth-order valence-corrected chi connectivity index (χ4v) is 3.10. The van der Waals surface area contributed by atoms with Gasteiger partial charge in [-0.2, -0.15) is 0 Å². The van der Waals surface area contributed by atoms with Crippen LogP contribution in [-0.4, -0.2) is 27.4 Å². The Morgan fingerprint density at radius 1 is 1.00 bits per heavy atom. The first-order chi connectivity index (χ1) is 12.8. The Balaban J connectivity index is 1.67. The minimum atomic E-state index is -3.65. The number of primary sulfonamides is 1. The predicted octanol–water partition coefficient (Wildman–Crippen LogP) is 2.62. The maximum absolute atomic E-state index is 12.0. The molecule has 0 saturated heterocycles. The van der Waals surface area contributed by atoms with E-state index in [1.165, 1.54) is 17.7 Å². The molecule has 0 bridgehead atoms. The summed E-state index contributed by atoms with van der Waals surface area (Å²) in [6, 6.07) is 14.4. The molecule has 0 aliphatic carbocycles. The molecule has 0 aliphatic heterocycles.